The Bertz CT molecular complexity index is 569. The van der Waals surface area contributed by atoms with Crippen molar-refractivity contribution < 1.29 is 14.3 Å². The minimum atomic E-state index is -0.328. The summed E-state index contributed by atoms with van der Waals surface area (Å²) in [5, 5.41) is 12.1. The zero-order valence-electron chi connectivity index (χ0n) is 10.1. The molecule has 0 saturated carbocycles. The van der Waals surface area contributed by atoms with E-state index in [4.69, 9.17) is 4.74 Å². The molecule has 1 aromatic rings. The van der Waals surface area contributed by atoms with Crippen molar-refractivity contribution in [3.8, 4) is 5.75 Å². The summed E-state index contributed by atoms with van der Waals surface area (Å²) in [4.78, 5) is 12.4. The highest BCUT2D eigenvalue weighted by Crippen LogP contribution is 2.31. The maximum atomic E-state index is 12.4. The monoisotopic (exact) mass is 246 g/mol. The van der Waals surface area contributed by atoms with Crippen molar-refractivity contribution >= 4 is 12.1 Å². The molecule has 0 aromatic carbocycles. The molecule has 1 aromatic heterocycles. The second-order valence-corrected chi connectivity index (χ2v) is 4.54. The Morgan fingerprint density at radius 3 is 3.17 bits per heavy atom. The Balaban J connectivity index is 2.19. The lowest BCUT2D eigenvalue weighted by Gasteiger charge is -2.18. The van der Waals surface area contributed by atoms with Crippen LogP contribution in [0.15, 0.2) is 24.0 Å². The van der Waals surface area contributed by atoms with Crippen LogP contribution in [-0.2, 0) is 0 Å². The third kappa shape index (κ3) is 1.47. The number of hydrogen-bond acceptors (Lipinski definition) is 3. The maximum absolute atomic E-state index is 12.4. The van der Waals surface area contributed by atoms with E-state index in [1.54, 1.807) is 12.3 Å². The van der Waals surface area contributed by atoms with Crippen LogP contribution in [0.3, 0.4) is 0 Å². The largest absolute Gasteiger partial charge is 0.618 e. The Hall–Kier alpha value is -2.04. The number of hydrogen-bond donors (Lipinski definition) is 0. The van der Waals surface area contributed by atoms with E-state index in [1.165, 1.54) is 17.9 Å². The third-order valence-electron chi connectivity index (χ3n) is 3.54. The second kappa shape index (κ2) is 4.01. The summed E-state index contributed by atoms with van der Waals surface area (Å²) in [7, 11) is 1.53. The average Bonchev–Trinajstić information content (AvgIpc) is 2.76. The van der Waals surface area contributed by atoms with Gasteiger partial charge in [-0.1, -0.05) is 0 Å². The molecule has 1 aliphatic heterocycles. The van der Waals surface area contributed by atoms with Crippen molar-refractivity contribution in [2.24, 2.45) is 5.92 Å². The summed E-state index contributed by atoms with van der Waals surface area (Å²) < 4.78 is 7.49. The Morgan fingerprint density at radius 2 is 2.39 bits per heavy atom. The topological polar surface area (TPSA) is 57.3 Å². The number of rotatable bonds is 1. The van der Waals surface area contributed by atoms with Crippen molar-refractivity contribution in [2.45, 2.75) is 19.3 Å². The normalized spacial score (nSPS) is 22.5. The highest BCUT2D eigenvalue weighted by atomic mass is 16.5. The fraction of sp³-hybridized carbons (Fsp3) is 0.385. The zero-order chi connectivity index (χ0) is 12.7. The van der Waals surface area contributed by atoms with Crippen molar-refractivity contribution in [1.29, 1.82) is 0 Å². The van der Waals surface area contributed by atoms with Gasteiger partial charge in [-0.05, 0) is 31.4 Å². The fourth-order valence-electron chi connectivity index (χ4n) is 2.63. The molecular weight excluding hydrogens is 232 g/mol. The molecule has 18 heavy (non-hydrogen) atoms. The first-order valence-corrected chi connectivity index (χ1v) is 6.03. The predicted octanol–water partition coefficient (Wildman–Crippen LogP) is 1.76. The van der Waals surface area contributed by atoms with Crippen molar-refractivity contribution in [3.05, 3.63) is 34.9 Å². The highest BCUT2D eigenvalue weighted by Gasteiger charge is 2.36. The van der Waals surface area contributed by atoms with Crippen molar-refractivity contribution in [1.82, 2.24) is 4.57 Å². The molecule has 0 radical (unpaired) electrons. The summed E-state index contributed by atoms with van der Waals surface area (Å²) in [5.41, 5.74) is 1.09. The molecule has 94 valence electrons. The van der Waals surface area contributed by atoms with Crippen LogP contribution in [0.5, 0.6) is 5.75 Å². The third-order valence-corrected chi connectivity index (χ3v) is 3.54. The number of hydroxylamine groups is 1. The van der Waals surface area contributed by atoms with E-state index in [0.29, 0.717) is 17.1 Å². The molecule has 2 heterocycles. The molecular formula is C13H14N2O3. The first-order valence-electron chi connectivity index (χ1n) is 6.03. The zero-order valence-corrected chi connectivity index (χ0v) is 10.1. The predicted molar refractivity (Wildman–Crippen MR) is 65.8 cm³/mol. The van der Waals surface area contributed by atoms with Gasteiger partial charge in [-0.2, -0.15) is 4.74 Å². The van der Waals surface area contributed by atoms with Gasteiger partial charge >= 0.3 is 0 Å². The van der Waals surface area contributed by atoms with E-state index in [-0.39, 0.29) is 11.8 Å². The van der Waals surface area contributed by atoms with E-state index >= 15 is 0 Å². The van der Waals surface area contributed by atoms with Gasteiger partial charge in [-0.15, -0.1) is 0 Å². The first-order chi connectivity index (χ1) is 8.72. The summed E-state index contributed by atoms with van der Waals surface area (Å²) in [5.74, 6) is 0.170. The van der Waals surface area contributed by atoms with Gasteiger partial charge in [0, 0.05) is 6.20 Å². The number of nitrogens with zero attached hydrogens (tertiary/aromatic N) is 2. The maximum Gasteiger partial charge on any atom is 0.245 e. The quantitative estimate of drug-likeness (QED) is 0.560. The minimum absolute atomic E-state index is 0.0474. The van der Waals surface area contributed by atoms with Gasteiger partial charge in [0.25, 0.3) is 0 Å². The second-order valence-electron chi connectivity index (χ2n) is 4.54. The number of carbonyl (C=O) groups is 1. The summed E-state index contributed by atoms with van der Waals surface area (Å²) in [6, 6.07) is 1.70. The Kier molecular flexibility index (Phi) is 2.47. The van der Waals surface area contributed by atoms with E-state index in [9.17, 15) is 10.0 Å². The molecule has 5 nitrogen and oxygen atoms in total. The molecule has 0 N–H and O–H groups in total. The van der Waals surface area contributed by atoms with Gasteiger partial charge in [0.05, 0.1) is 7.11 Å². The molecule has 1 atom stereocenters. The lowest BCUT2D eigenvalue weighted by atomic mass is 9.91. The molecule has 3 rings (SSSR count). The van der Waals surface area contributed by atoms with Crippen LogP contribution in [0.1, 0.15) is 29.8 Å². The van der Waals surface area contributed by atoms with Crippen LogP contribution in [0.2, 0.25) is 0 Å². The molecule has 0 unspecified atom stereocenters. The molecule has 0 spiro atoms. The molecule has 5 heteroatoms. The molecule has 1 aliphatic carbocycles. The number of ether oxygens (including phenoxy) is 1. The Labute approximate surface area is 105 Å². The van der Waals surface area contributed by atoms with E-state index in [2.05, 4.69) is 0 Å². The van der Waals surface area contributed by atoms with Crippen LogP contribution < -0.4 is 4.74 Å². The Morgan fingerprint density at radius 1 is 1.56 bits per heavy atom. The van der Waals surface area contributed by atoms with Crippen LogP contribution in [0.4, 0.5) is 0 Å². The van der Waals surface area contributed by atoms with Gasteiger partial charge in [0.1, 0.15) is 5.92 Å². The van der Waals surface area contributed by atoms with Gasteiger partial charge < -0.3 is 9.94 Å². The molecule has 0 fully saturated rings. The molecule has 0 saturated heterocycles. The molecule has 2 aliphatic rings. The van der Waals surface area contributed by atoms with Crippen LogP contribution >= 0.6 is 0 Å². The van der Waals surface area contributed by atoms with Crippen LogP contribution in [-0.4, -0.2) is 28.5 Å². The average molecular weight is 246 g/mol. The van der Waals surface area contributed by atoms with Crippen molar-refractivity contribution in [2.75, 3.05) is 7.11 Å². The summed E-state index contributed by atoms with van der Waals surface area (Å²) in [6.07, 6.45) is 7.50. The lowest BCUT2D eigenvalue weighted by molar-refractivity contribution is -0.403. The summed E-state index contributed by atoms with van der Waals surface area (Å²) >= 11 is 0. The van der Waals surface area contributed by atoms with Crippen LogP contribution in [0.25, 0.3) is 0 Å². The van der Waals surface area contributed by atoms with Crippen molar-refractivity contribution in [3.63, 3.8) is 0 Å². The fourth-order valence-corrected chi connectivity index (χ4v) is 2.63. The smallest absolute Gasteiger partial charge is 0.245 e. The van der Waals surface area contributed by atoms with E-state index < -0.39 is 0 Å². The van der Waals surface area contributed by atoms with E-state index in [1.807, 2.05) is 6.08 Å². The number of allylic oxidation sites excluding steroid dienone is 2. The van der Waals surface area contributed by atoms with E-state index in [0.717, 1.165) is 24.0 Å². The van der Waals surface area contributed by atoms with Gasteiger partial charge in [-0.25, -0.2) is 0 Å². The molecule has 0 amide bonds. The van der Waals surface area contributed by atoms with Gasteiger partial charge in [0.2, 0.25) is 17.8 Å². The number of methoxy groups -OCH3 is 1. The standard InChI is InChI=1S/C13H14N2O3/c1-18-12-6-7-14-11(12)8-15(17)10-5-3-2-4-9(10)13(14)16/h5-9H,2-4H2,1H3/t9-/m0/s1. The number of carbonyl (C=O) groups excluding carboxylic acids is 1. The highest BCUT2D eigenvalue weighted by molar-refractivity contribution is 5.93. The van der Waals surface area contributed by atoms with Gasteiger partial charge in [-0.3, -0.25) is 9.36 Å². The first kappa shape index (κ1) is 11.1. The number of fused-ring (bicyclic) bond motifs is 2. The SMILES string of the molecule is COc1ccn2c1C=[N+]([O-])C1=CCCC[C@@H]1C2=O. The number of aromatic nitrogens is 1. The van der Waals surface area contributed by atoms with Crippen LogP contribution in [0, 0.1) is 11.1 Å². The summed E-state index contributed by atoms with van der Waals surface area (Å²) in [6.45, 7) is 0. The van der Waals surface area contributed by atoms with Gasteiger partial charge in [0.15, 0.2) is 11.4 Å². The molecule has 0 bridgehead atoms. The lowest BCUT2D eigenvalue weighted by Crippen LogP contribution is -2.26. The minimum Gasteiger partial charge on any atom is -0.618 e.